The van der Waals surface area contributed by atoms with Crippen LogP contribution in [0.25, 0.3) is 0 Å². The molecule has 1 N–H and O–H groups in total. The largest absolute Gasteiger partial charge is 0.461 e. The van der Waals surface area contributed by atoms with E-state index in [0.29, 0.717) is 19.4 Å². The van der Waals surface area contributed by atoms with E-state index in [1.165, 1.54) is 6.08 Å². The maximum absolute atomic E-state index is 14.5. The highest BCUT2D eigenvalue weighted by atomic mass is 79.9. The summed E-state index contributed by atoms with van der Waals surface area (Å²) >= 11 is 5.35. The van der Waals surface area contributed by atoms with E-state index >= 15 is 0 Å². The summed E-state index contributed by atoms with van der Waals surface area (Å²) in [4.78, 5) is 45.1. The smallest absolute Gasteiger partial charge is 0.311 e. The van der Waals surface area contributed by atoms with Crippen LogP contribution in [-0.4, -0.2) is 85.4 Å². The standard InChI is InChI=1S/C27H41BrN2O5S/c1-8-11-30(26(6,7)16-25(3,4)5)23(33)21-27-15-17(28)20(36-27)18(24(34)35-14-9-2)19(27)22(32)29(21)12-10-13-31/h8-9,17-21,31H,1-2,10-16H2,3-7H3/t17?,18-,19+,20-,21?,27?/m1/s1. The molecule has 3 aliphatic rings. The highest BCUT2D eigenvalue weighted by molar-refractivity contribution is 9.09. The number of rotatable bonds is 11. The van der Waals surface area contributed by atoms with Crippen molar-refractivity contribution >= 4 is 45.5 Å². The number of ether oxygens (including phenoxy) is 1. The number of alkyl halides is 1. The molecule has 0 saturated carbocycles. The minimum absolute atomic E-state index is 0.0173. The van der Waals surface area contributed by atoms with Gasteiger partial charge in [0.25, 0.3) is 0 Å². The first-order chi connectivity index (χ1) is 16.8. The van der Waals surface area contributed by atoms with Crippen molar-refractivity contribution in [1.29, 1.82) is 0 Å². The van der Waals surface area contributed by atoms with Gasteiger partial charge < -0.3 is 19.6 Å². The van der Waals surface area contributed by atoms with Crippen molar-refractivity contribution in [3.05, 3.63) is 25.3 Å². The Labute approximate surface area is 228 Å². The fourth-order valence-corrected chi connectivity index (χ4v) is 10.3. The van der Waals surface area contributed by atoms with Gasteiger partial charge in [0.05, 0.1) is 16.6 Å². The number of amides is 2. The number of hydrogen-bond acceptors (Lipinski definition) is 6. The summed E-state index contributed by atoms with van der Waals surface area (Å²) in [7, 11) is 0. The van der Waals surface area contributed by atoms with Crippen molar-refractivity contribution in [3.8, 4) is 0 Å². The predicted octanol–water partition coefficient (Wildman–Crippen LogP) is 3.79. The van der Waals surface area contributed by atoms with E-state index in [9.17, 15) is 19.5 Å². The number of nitrogens with zero attached hydrogens (tertiary/aromatic N) is 2. The molecule has 3 rings (SSSR count). The van der Waals surface area contributed by atoms with Gasteiger partial charge in [-0.05, 0) is 38.5 Å². The Kier molecular flexibility index (Phi) is 8.78. The Balaban J connectivity index is 2.07. The fraction of sp³-hybridized carbons (Fsp3) is 0.741. The minimum atomic E-state index is -0.739. The Hall–Kier alpha value is -1.32. The number of thioether (sulfide) groups is 1. The van der Waals surface area contributed by atoms with E-state index in [-0.39, 0.29) is 47.1 Å². The van der Waals surface area contributed by atoms with Crippen LogP contribution in [0.3, 0.4) is 0 Å². The molecule has 7 nitrogen and oxygen atoms in total. The molecule has 2 amide bonds. The highest BCUT2D eigenvalue weighted by Gasteiger charge is 2.76. The van der Waals surface area contributed by atoms with Crippen molar-refractivity contribution in [1.82, 2.24) is 9.80 Å². The first kappa shape index (κ1) is 29.2. The quantitative estimate of drug-likeness (QED) is 0.226. The average Bonchev–Trinajstić information content (AvgIpc) is 3.35. The number of carbonyl (C=O) groups is 3. The molecule has 3 saturated heterocycles. The second-order valence-electron chi connectivity index (χ2n) is 12.0. The number of aliphatic hydroxyl groups is 1. The van der Waals surface area contributed by atoms with Gasteiger partial charge in [0.2, 0.25) is 11.8 Å². The first-order valence-corrected chi connectivity index (χ1v) is 14.5. The van der Waals surface area contributed by atoms with E-state index in [0.717, 1.165) is 6.42 Å². The molecule has 0 radical (unpaired) electrons. The van der Waals surface area contributed by atoms with Crippen molar-refractivity contribution in [2.75, 3.05) is 26.3 Å². The molecule has 36 heavy (non-hydrogen) atoms. The van der Waals surface area contributed by atoms with E-state index in [1.54, 1.807) is 22.7 Å². The third-order valence-corrected chi connectivity index (χ3v) is 10.7. The number of aliphatic hydroxyl groups excluding tert-OH is 1. The normalized spacial score (nSPS) is 31.4. The third-order valence-electron chi connectivity index (χ3n) is 7.47. The minimum Gasteiger partial charge on any atom is -0.461 e. The van der Waals surface area contributed by atoms with Crippen LogP contribution in [0, 0.1) is 17.3 Å². The zero-order valence-electron chi connectivity index (χ0n) is 22.2. The second-order valence-corrected chi connectivity index (χ2v) is 14.7. The van der Waals surface area contributed by atoms with Gasteiger partial charge in [0, 0.05) is 35.3 Å². The average molecular weight is 586 g/mol. The number of likely N-dealkylation sites (tertiary alicyclic amines) is 1. The topological polar surface area (TPSA) is 87.2 Å². The first-order valence-electron chi connectivity index (χ1n) is 12.7. The number of fused-ring (bicyclic) bond motifs is 1. The summed E-state index contributed by atoms with van der Waals surface area (Å²) in [6.07, 6.45) is 4.98. The molecule has 2 bridgehead atoms. The van der Waals surface area contributed by atoms with Crippen LogP contribution in [0.15, 0.2) is 25.3 Å². The van der Waals surface area contributed by atoms with Gasteiger partial charge in [-0.1, -0.05) is 55.4 Å². The summed E-state index contributed by atoms with van der Waals surface area (Å²) in [6, 6.07) is -0.729. The predicted molar refractivity (Wildman–Crippen MR) is 147 cm³/mol. The SMILES string of the molecule is C=CCOC(=O)[C@H]1[C@@H]2SC3(CC2Br)C(C(=O)N(CC=C)C(C)(C)CC(C)(C)C)N(CCCO)C(=O)[C@H]13. The van der Waals surface area contributed by atoms with E-state index in [1.807, 2.05) is 4.90 Å². The molecule has 3 unspecified atom stereocenters. The van der Waals surface area contributed by atoms with Gasteiger partial charge in [-0.3, -0.25) is 14.4 Å². The van der Waals surface area contributed by atoms with Gasteiger partial charge in [0.1, 0.15) is 12.6 Å². The monoisotopic (exact) mass is 584 g/mol. The molecule has 202 valence electrons. The second kappa shape index (κ2) is 10.8. The Morgan fingerprint density at radius 2 is 1.94 bits per heavy atom. The lowest BCUT2D eigenvalue weighted by Gasteiger charge is -2.46. The number of esters is 1. The van der Waals surface area contributed by atoms with Gasteiger partial charge in [-0.2, -0.15) is 0 Å². The summed E-state index contributed by atoms with van der Waals surface area (Å²) in [6.45, 7) is 18.7. The lowest BCUT2D eigenvalue weighted by Crippen LogP contribution is -2.60. The van der Waals surface area contributed by atoms with Crippen LogP contribution < -0.4 is 0 Å². The summed E-state index contributed by atoms with van der Waals surface area (Å²) < 4.78 is 4.69. The Bertz CT molecular complexity index is 903. The van der Waals surface area contributed by atoms with Crippen molar-refractivity contribution in [2.45, 2.75) is 80.3 Å². The fourth-order valence-electron chi connectivity index (χ4n) is 6.70. The van der Waals surface area contributed by atoms with E-state index in [4.69, 9.17) is 4.74 Å². The van der Waals surface area contributed by atoms with Crippen LogP contribution in [0.1, 0.15) is 53.9 Å². The molecule has 3 aliphatic heterocycles. The molecular formula is C27H41BrN2O5S. The third kappa shape index (κ3) is 5.17. The number of carbonyl (C=O) groups excluding carboxylic acids is 3. The van der Waals surface area contributed by atoms with Crippen LogP contribution in [0.5, 0.6) is 0 Å². The molecule has 0 aromatic rings. The molecule has 0 aromatic heterocycles. The van der Waals surface area contributed by atoms with Crippen molar-refractivity contribution in [3.63, 3.8) is 0 Å². The van der Waals surface area contributed by atoms with Gasteiger partial charge in [-0.25, -0.2) is 0 Å². The molecule has 1 spiro atoms. The zero-order valence-corrected chi connectivity index (χ0v) is 24.6. The van der Waals surface area contributed by atoms with E-state index < -0.39 is 34.1 Å². The van der Waals surface area contributed by atoms with E-state index in [2.05, 4.69) is 63.7 Å². The van der Waals surface area contributed by atoms with Crippen LogP contribution >= 0.6 is 27.7 Å². The maximum atomic E-state index is 14.5. The molecule has 0 aromatic carbocycles. The van der Waals surface area contributed by atoms with Gasteiger partial charge >= 0.3 is 5.97 Å². The Morgan fingerprint density at radius 1 is 1.28 bits per heavy atom. The number of halogens is 1. The van der Waals surface area contributed by atoms with Crippen molar-refractivity contribution in [2.24, 2.45) is 17.3 Å². The van der Waals surface area contributed by atoms with Crippen molar-refractivity contribution < 1.29 is 24.2 Å². The molecule has 9 heteroatoms. The lowest BCUT2D eigenvalue weighted by molar-refractivity contribution is -0.153. The molecule has 3 fully saturated rings. The van der Waals surface area contributed by atoms with Crippen LogP contribution in [-0.2, 0) is 19.1 Å². The van der Waals surface area contributed by atoms with Gasteiger partial charge in [-0.15, -0.1) is 18.3 Å². The van der Waals surface area contributed by atoms with Gasteiger partial charge in [0.15, 0.2) is 0 Å². The Morgan fingerprint density at radius 3 is 2.50 bits per heavy atom. The summed E-state index contributed by atoms with van der Waals surface area (Å²) in [5.41, 5.74) is -0.505. The summed E-state index contributed by atoms with van der Waals surface area (Å²) in [5, 5.41) is 9.41. The molecular weight excluding hydrogens is 544 g/mol. The summed E-state index contributed by atoms with van der Waals surface area (Å²) in [5.74, 6) is -1.99. The molecule has 3 heterocycles. The number of hydrogen-bond donors (Lipinski definition) is 1. The highest BCUT2D eigenvalue weighted by Crippen LogP contribution is 2.68. The molecule has 0 aliphatic carbocycles. The molecule has 6 atom stereocenters. The lowest BCUT2D eigenvalue weighted by atomic mass is 9.70. The maximum Gasteiger partial charge on any atom is 0.311 e. The van der Waals surface area contributed by atoms with Crippen LogP contribution in [0.4, 0.5) is 0 Å². The zero-order chi connectivity index (χ0) is 27.1. The van der Waals surface area contributed by atoms with Crippen LogP contribution in [0.2, 0.25) is 0 Å².